The predicted molar refractivity (Wildman–Crippen MR) is 112 cm³/mol. The number of hydrogen-bond donors (Lipinski definition) is 0. The van der Waals surface area contributed by atoms with E-state index in [-0.39, 0.29) is 0 Å². The van der Waals surface area contributed by atoms with Crippen LogP contribution in [0.1, 0.15) is 15.9 Å². The van der Waals surface area contributed by atoms with E-state index in [0.717, 1.165) is 47.7 Å². The summed E-state index contributed by atoms with van der Waals surface area (Å²) in [6.45, 7) is 5.74. The lowest BCUT2D eigenvalue weighted by Gasteiger charge is -2.37. The topological polar surface area (TPSA) is 53.1 Å². The van der Waals surface area contributed by atoms with Gasteiger partial charge in [-0.3, -0.25) is 19.4 Å². The molecule has 6 nitrogen and oxygen atoms in total. The lowest BCUT2D eigenvalue weighted by molar-refractivity contribution is -0.114. The van der Waals surface area contributed by atoms with Crippen LogP contribution in [0.5, 0.6) is 5.75 Å². The molecule has 0 atom stereocenters. The summed E-state index contributed by atoms with van der Waals surface area (Å²) < 4.78 is 5.93. The number of halogens is 1. The number of piperazine rings is 1. The van der Waals surface area contributed by atoms with Gasteiger partial charge in [0.05, 0.1) is 25.0 Å². The van der Waals surface area contributed by atoms with E-state index < -0.39 is 11.7 Å². The molecule has 0 unspecified atom stereocenters. The molecule has 2 aromatic rings. The van der Waals surface area contributed by atoms with Crippen LogP contribution in [0.4, 0.5) is 11.4 Å². The van der Waals surface area contributed by atoms with Gasteiger partial charge in [-0.15, -0.1) is 0 Å². The van der Waals surface area contributed by atoms with Gasteiger partial charge in [-0.1, -0.05) is 6.07 Å². The van der Waals surface area contributed by atoms with E-state index in [1.54, 1.807) is 12.0 Å². The quantitative estimate of drug-likeness (QED) is 0.679. The number of fused-ring (bicyclic) bond motifs is 1. The molecule has 2 heterocycles. The van der Waals surface area contributed by atoms with Crippen LogP contribution in [-0.4, -0.2) is 56.5 Å². The van der Waals surface area contributed by atoms with Crippen molar-refractivity contribution in [1.29, 1.82) is 0 Å². The highest BCUT2D eigenvalue weighted by molar-refractivity contribution is 9.10. The maximum absolute atomic E-state index is 12.6. The number of hydrogen-bond acceptors (Lipinski definition) is 5. The highest BCUT2D eigenvalue weighted by atomic mass is 79.9. The summed E-state index contributed by atoms with van der Waals surface area (Å²) in [4.78, 5) is 31.1. The molecule has 1 saturated heterocycles. The molecular weight excluding hydrogens is 422 g/mol. The fourth-order valence-corrected chi connectivity index (χ4v) is 4.25. The Morgan fingerprint density at radius 2 is 1.68 bits per heavy atom. The Morgan fingerprint density at radius 3 is 2.32 bits per heavy atom. The number of carbonyl (C=O) groups is 2. The van der Waals surface area contributed by atoms with Crippen LogP contribution in [0, 0.1) is 6.92 Å². The van der Waals surface area contributed by atoms with Gasteiger partial charge in [-0.25, -0.2) is 0 Å². The van der Waals surface area contributed by atoms with E-state index in [2.05, 4.69) is 37.9 Å². The number of benzene rings is 2. The molecule has 0 radical (unpaired) electrons. The highest BCUT2D eigenvalue weighted by Gasteiger charge is 2.38. The van der Waals surface area contributed by atoms with Crippen LogP contribution in [0.3, 0.4) is 0 Å². The Kier molecular flexibility index (Phi) is 5.12. The highest BCUT2D eigenvalue weighted by Crippen LogP contribution is 2.36. The van der Waals surface area contributed by atoms with Crippen LogP contribution in [0.25, 0.3) is 0 Å². The number of nitrogens with zero attached hydrogens (tertiary/aromatic N) is 3. The molecule has 146 valence electrons. The first kappa shape index (κ1) is 19.0. The number of carbonyl (C=O) groups excluding carboxylic acids is 2. The number of ketones is 1. The second-order valence-corrected chi connectivity index (χ2v) is 7.89. The number of rotatable bonds is 4. The van der Waals surface area contributed by atoms with Crippen LogP contribution in [0.2, 0.25) is 0 Å². The first-order valence-electron chi connectivity index (χ1n) is 9.26. The van der Waals surface area contributed by atoms with E-state index in [9.17, 15) is 9.59 Å². The molecule has 0 aliphatic carbocycles. The maximum atomic E-state index is 12.6. The Balaban J connectivity index is 1.43. The van der Waals surface area contributed by atoms with Crippen molar-refractivity contribution in [3.8, 4) is 5.75 Å². The average molecular weight is 444 g/mol. The monoisotopic (exact) mass is 443 g/mol. The molecule has 2 aliphatic heterocycles. The van der Waals surface area contributed by atoms with Gasteiger partial charge in [0, 0.05) is 36.3 Å². The molecule has 1 fully saturated rings. The molecule has 0 spiro atoms. The van der Waals surface area contributed by atoms with E-state index in [1.165, 1.54) is 0 Å². The van der Waals surface area contributed by atoms with Gasteiger partial charge < -0.3 is 9.64 Å². The molecule has 28 heavy (non-hydrogen) atoms. The molecule has 7 heteroatoms. The molecule has 4 rings (SSSR count). The zero-order chi connectivity index (χ0) is 19.8. The Labute approximate surface area is 172 Å². The van der Waals surface area contributed by atoms with Gasteiger partial charge in [0.2, 0.25) is 0 Å². The fourth-order valence-electron chi connectivity index (χ4n) is 3.73. The summed E-state index contributed by atoms with van der Waals surface area (Å²) >= 11 is 3.47. The molecule has 0 N–H and O–H groups in total. The smallest absolute Gasteiger partial charge is 0.300 e. The summed E-state index contributed by atoms with van der Waals surface area (Å²) in [6, 6.07) is 11.9. The van der Waals surface area contributed by atoms with Gasteiger partial charge in [-0.2, -0.15) is 0 Å². The van der Waals surface area contributed by atoms with Crippen molar-refractivity contribution >= 4 is 39.0 Å². The summed E-state index contributed by atoms with van der Waals surface area (Å²) in [7, 11) is 1.66. The summed E-state index contributed by atoms with van der Waals surface area (Å²) in [5, 5.41) is 0. The zero-order valence-electron chi connectivity index (χ0n) is 15.9. The van der Waals surface area contributed by atoms with Crippen molar-refractivity contribution < 1.29 is 14.3 Å². The van der Waals surface area contributed by atoms with E-state index in [4.69, 9.17) is 4.74 Å². The SMILES string of the molecule is COc1ccc(N2CCN(CN3C(=O)C(=O)c4c3ccc(C)c4Br)CC2)cc1. The Bertz CT molecular complexity index is 921. The summed E-state index contributed by atoms with van der Waals surface area (Å²) in [5.74, 6) is -0.0269. The van der Waals surface area contributed by atoms with Crippen LogP contribution < -0.4 is 14.5 Å². The average Bonchev–Trinajstić information content (AvgIpc) is 2.96. The third kappa shape index (κ3) is 3.29. The zero-order valence-corrected chi connectivity index (χ0v) is 17.5. The van der Waals surface area contributed by atoms with Gasteiger partial charge in [-0.05, 0) is 58.7 Å². The molecule has 0 saturated carbocycles. The largest absolute Gasteiger partial charge is 0.497 e. The normalized spacial score (nSPS) is 17.2. The number of amides is 1. The maximum Gasteiger partial charge on any atom is 0.300 e. The number of anilines is 2. The molecule has 0 aromatic heterocycles. The lowest BCUT2D eigenvalue weighted by atomic mass is 10.1. The minimum absolute atomic E-state index is 0.428. The number of aryl methyl sites for hydroxylation is 1. The standard InChI is InChI=1S/C21H22BrN3O3/c1-14-3-8-17-18(19(14)22)20(26)21(27)25(17)13-23-9-11-24(12-10-23)15-4-6-16(28-2)7-5-15/h3-8H,9-13H2,1-2H3. The first-order valence-corrected chi connectivity index (χ1v) is 10.1. The van der Waals surface area contributed by atoms with E-state index in [0.29, 0.717) is 17.9 Å². The molecule has 1 amide bonds. The molecule has 2 aromatic carbocycles. The first-order chi connectivity index (χ1) is 13.5. The van der Waals surface area contributed by atoms with Gasteiger partial charge in [0.1, 0.15) is 5.75 Å². The van der Waals surface area contributed by atoms with Gasteiger partial charge in [0.25, 0.3) is 5.78 Å². The molecular formula is C21H22BrN3O3. The number of ether oxygens (including phenoxy) is 1. The van der Waals surface area contributed by atoms with Gasteiger partial charge >= 0.3 is 5.91 Å². The minimum Gasteiger partial charge on any atom is -0.497 e. The lowest BCUT2D eigenvalue weighted by Crippen LogP contribution is -2.51. The van der Waals surface area contributed by atoms with Crippen molar-refractivity contribution in [2.75, 3.05) is 49.8 Å². The van der Waals surface area contributed by atoms with Gasteiger partial charge in [0.15, 0.2) is 0 Å². The second-order valence-electron chi connectivity index (χ2n) is 7.10. The second kappa shape index (κ2) is 7.56. The van der Waals surface area contributed by atoms with Crippen LogP contribution >= 0.6 is 15.9 Å². The van der Waals surface area contributed by atoms with Crippen molar-refractivity contribution in [3.05, 3.63) is 52.0 Å². The third-order valence-corrected chi connectivity index (χ3v) is 6.44. The molecule has 2 aliphatic rings. The van der Waals surface area contributed by atoms with E-state index >= 15 is 0 Å². The predicted octanol–water partition coefficient (Wildman–Crippen LogP) is 3.08. The third-order valence-electron chi connectivity index (χ3n) is 5.42. The van der Waals surface area contributed by atoms with Crippen molar-refractivity contribution in [3.63, 3.8) is 0 Å². The van der Waals surface area contributed by atoms with Crippen molar-refractivity contribution in [2.24, 2.45) is 0 Å². The van der Waals surface area contributed by atoms with Crippen LogP contribution in [-0.2, 0) is 4.79 Å². The Hall–Kier alpha value is -2.38. The number of methoxy groups -OCH3 is 1. The number of Topliss-reactive ketones (excluding diaryl/α,β-unsaturated/α-hetero) is 1. The summed E-state index contributed by atoms with van der Waals surface area (Å²) in [5.41, 5.74) is 3.31. The Morgan fingerprint density at radius 1 is 1.00 bits per heavy atom. The molecule has 0 bridgehead atoms. The fraction of sp³-hybridized carbons (Fsp3) is 0.333. The van der Waals surface area contributed by atoms with Crippen LogP contribution in [0.15, 0.2) is 40.9 Å². The minimum atomic E-state index is -0.445. The van der Waals surface area contributed by atoms with Crippen molar-refractivity contribution in [2.45, 2.75) is 6.92 Å². The summed E-state index contributed by atoms with van der Waals surface area (Å²) in [6.07, 6.45) is 0. The van der Waals surface area contributed by atoms with E-state index in [1.807, 2.05) is 31.2 Å². The van der Waals surface area contributed by atoms with Crippen molar-refractivity contribution in [1.82, 2.24) is 4.90 Å².